The van der Waals surface area contributed by atoms with Gasteiger partial charge in [0.25, 0.3) is 11.1 Å². The van der Waals surface area contributed by atoms with Crippen molar-refractivity contribution >= 4 is 29.0 Å². The first-order chi connectivity index (χ1) is 12.5. The Morgan fingerprint density at radius 2 is 2.08 bits per heavy atom. The molecule has 0 radical (unpaired) electrons. The minimum Gasteiger partial charge on any atom is -0.491 e. The van der Waals surface area contributed by atoms with E-state index in [0.717, 1.165) is 34.3 Å². The molecule has 1 fully saturated rings. The van der Waals surface area contributed by atoms with E-state index in [4.69, 9.17) is 4.74 Å². The van der Waals surface area contributed by atoms with Crippen molar-refractivity contribution in [1.29, 1.82) is 0 Å². The third-order valence-electron chi connectivity index (χ3n) is 4.15. The Hall–Kier alpha value is -2.47. The van der Waals surface area contributed by atoms with E-state index >= 15 is 0 Å². The van der Waals surface area contributed by atoms with Gasteiger partial charge in [0.2, 0.25) is 0 Å². The monoisotopic (exact) mass is 370 g/mol. The summed E-state index contributed by atoms with van der Waals surface area (Å²) in [6, 6.07) is 9.81. The molecule has 1 aromatic heterocycles. The average Bonchev–Trinajstić information content (AvgIpc) is 3.18. The van der Waals surface area contributed by atoms with Crippen LogP contribution >= 0.6 is 11.8 Å². The van der Waals surface area contributed by atoms with E-state index in [1.165, 1.54) is 4.90 Å². The van der Waals surface area contributed by atoms with Crippen LogP contribution in [0.5, 0.6) is 5.75 Å². The lowest BCUT2D eigenvalue weighted by atomic mass is 10.0. The number of H-pyrrole nitrogens is 1. The Morgan fingerprint density at radius 3 is 2.77 bits per heavy atom. The molecule has 1 aromatic carbocycles. The predicted molar refractivity (Wildman–Crippen MR) is 104 cm³/mol. The molecule has 2 amide bonds. The number of carbonyl (C=O) groups excluding carboxylic acids is 2. The van der Waals surface area contributed by atoms with Gasteiger partial charge in [0.05, 0.1) is 11.4 Å². The number of hydrogen-bond donors (Lipinski definition) is 1. The second-order valence-electron chi connectivity index (χ2n) is 6.50. The Balaban J connectivity index is 1.65. The molecule has 0 spiro atoms. The zero-order chi connectivity index (χ0) is 18.7. The standard InChI is InChI=1S/C20H22N2O3S/c1-13(2)16-7-6-14(3)11-17(16)25-10-9-22-19(23)18(26-20(22)24)12-15-5-4-8-21-15/h4-8,11-13,21H,9-10H2,1-3H3/b18-12-. The molecular weight excluding hydrogens is 348 g/mol. The SMILES string of the molecule is Cc1ccc(C(C)C)c(OCCN2C(=O)S/C(=C\c3ccc[nH]3)C2=O)c1. The molecule has 0 unspecified atom stereocenters. The van der Waals surface area contributed by atoms with Gasteiger partial charge in [-0.05, 0) is 60.0 Å². The quantitative estimate of drug-likeness (QED) is 0.757. The minimum atomic E-state index is -0.272. The third-order valence-corrected chi connectivity index (χ3v) is 5.05. The normalized spacial score (nSPS) is 16.2. The van der Waals surface area contributed by atoms with E-state index in [0.29, 0.717) is 10.8 Å². The molecule has 1 aliphatic heterocycles. The molecule has 3 rings (SSSR count). The Labute approximate surface area is 157 Å². The summed E-state index contributed by atoms with van der Waals surface area (Å²) in [5.41, 5.74) is 3.04. The molecule has 136 valence electrons. The van der Waals surface area contributed by atoms with Gasteiger partial charge in [-0.2, -0.15) is 0 Å². The number of carbonyl (C=O) groups is 2. The first-order valence-electron chi connectivity index (χ1n) is 8.58. The van der Waals surface area contributed by atoms with Gasteiger partial charge in [-0.25, -0.2) is 0 Å². The molecule has 2 aromatic rings. The van der Waals surface area contributed by atoms with Gasteiger partial charge in [-0.15, -0.1) is 0 Å². The first-order valence-corrected chi connectivity index (χ1v) is 9.39. The summed E-state index contributed by atoms with van der Waals surface area (Å²) >= 11 is 0.960. The molecule has 26 heavy (non-hydrogen) atoms. The summed E-state index contributed by atoms with van der Waals surface area (Å²) < 4.78 is 5.90. The molecule has 2 heterocycles. The van der Waals surface area contributed by atoms with E-state index < -0.39 is 0 Å². The number of nitrogens with zero attached hydrogens (tertiary/aromatic N) is 1. The van der Waals surface area contributed by atoms with Crippen LogP contribution in [0.4, 0.5) is 4.79 Å². The highest BCUT2D eigenvalue weighted by molar-refractivity contribution is 8.18. The van der Waals surface area contributed by atoms with E-state index in [-0.39, 0.29) is 24.3 Å². The van der Waals surface area contributed by atoms with Crippen molar-refractivity contribution in [1.82, 2.24) is 9.88 Å². The molecule has 0 aliphatic carbocycles. The second-order valence-corrected chi connectivity index (χ2v) is 7.50. The zero-order valence-electron chi connectivity index (χ0n) is 15.1. The smallest absolute Gasteiger partial charge is 0.293 e. The number of amides is 2. The molecule has 5 nitrogen and oxygen atoms in total. The van der Waals surface area contributed by atoms with Crippen molar-refractivity contribution in [3.63, 3.8) is 0 Å². The fraction of sp³-hybridized carbons (Fsp3) is 0.300. The van der Waals surface area contributed by atoms with Crippen LogP contribution in [-0.2, 0) is 4.79 Å². The maximum absolute atomic E-state index is 12.5. The number of ether oxygens (including phenoxy) is 1. The lowest BCUT2D eigenvalue weighted by Gasteiger charge is -2.17. The summed E-state index contributed by atoms with van der Waals surface area (Å²) in [4.78, 5) is 29.3. The lowest BCUT2D eigenvalue weighted by Crippen LogP contribution is -2.32. The van der Waals surface area contributed by atoms with Gasteiger partial charge in [-0.3, -0.25) is 14.5 Å². The largest absolute Gasteiger partial charge is 0.491 e. The van der Waals surface area contributed by atoms with E-state index in [2.05, 4.69) is 31.0 Å². The summed E-state index contributed by atoms with van der Waals surface area (Å²) in [5.74, 6) is 0.881. The van der Waals surface area contributed by atoms with Gasteiger partial charge >= 0.3 is 0 Å². The van der Waals surface area contributed by atoms with Crippen LogP contribution in [0, 0.1) is 6.92 Å². The van der Waals surface area contributed by atoms with Crippen LogP contribution in [0.2, 0.25) is 0 Å². The number of thioether (sulfide) groups is 1. The highest BCUT2D eigenvalue weighted by Gasteiger charge is 2.34. The second kappa shape index (κ2) is 7.83. The van der Waals surface area contributed by atoms with Crippen molar-refractivity contribution in [3.05, 3.63) is 58.3 Å². The van der Waals surface area contributed by atoms with Crippen molar-refractivity contribution in [2.75, 3.05) is 13.2 Å². The summed E-state index contributed by atoms with van der Waals surface area (Å²) in [5, 5.41) is -0.260. The van der Waals surface area contributed by atoms with Crippen LogP contribution in [0.1, 0.15) is 36.6 Å². The van der Waals surface area contributed by atoms with Crippen LogP contribution in [0.3, 0.4) is 0 Å². The maximum atomic E-state index is 12.5. The topological polar surface area (TPSA) is 62.4 Å². The van der Waals surface area contributed by atoms with Gasteiger partial charge in [0, 0.05) is 11.9 Å². The number of imide groups is 1. The minimum absolute atomic E-state index is 0.234. The number of nitrogens with one attached hydrogen (secondary N) is 1. The zero-order valence-corrected chi connectivity index (χ0v) is 15.9. The van der Waals surface area contributed by atoms with E-state index in [1.807, 2.05) is 25.1 Å². The molecule has 1 N–H and O–H groups in total. The van der Waals surface area contributed by atoms with E-state index in [1.54, 1.807) is 12.3 Å². The maximum Gasteiger partial charge on any atom is 0.293 e. The van der Waals surface area contributed by atoms with Crippen molar-refractivity contribution in [3.8, 4) is 5.75 Å². The highest BCUT2D eigenvalue weighted by Crippen LogP contribution is 2.32. The molecule has 1 aliphatic rings. The van der Waals surface area contributed by atoms with Gasteiger partial charge in [0.1, 0.15) is 12.4 Å². The number of benzene rings is 1. The highest BCUT2D eigenvalue weighted by atomic mass is 32.2. The molecule has 1 saturated heterocycles. The number of rotatable bonds is 6. The summed E-state index contributed by atoms with van der Waals surface area (Å²) in [6.45, 7) is 6.74. The van der Waals surface area contributed by atoms with Gasteiger partial charge in [0.15, 0.2) is 0 Å². The van der Waals surface area contributed by atoms with Gasteiger partial charge < -0.3 is 9.72 Å². The summed E-state index contributed by atoms with van der Waals surface area (Å²) in [6.07, 6.45) is 3.47. The van der Waals surface area contributed by atoms with Crippen LogP contribution in [-0.4, -0.2) is 34.2 Å². The van der Waals surface area contributed by atoms with Crippen LogP contribution < -0.4 is 4.74 Å². The number of aryl methyl sites for hydroxylation is 1. The van der Waals surface area contributed by atoms with Crippen molar-refractivity contribution in [2.45, 2.75) is 26.7 Å². The number of aromatic amines is 1. The van der Waals surface area contributed by atoms with Crippen molar-refractivity contribution < 1.29 is 14.3 Å². The number of aromatic nitrogens is 1. The molecule has 0 bridgehead atoms. The average molecular weight is 370 g/mol. The fourth-order valence-electron chi connectivity index (χ4n) is 2.76. The summed E-state index contributed by atoms with van der Waals surface area (Å²) in [7, 11) is 0. The van der Waals surface area contributed by atoms with Crippen molar-refractivity contribution in [2.24, 2.45) is 0 Å². The molecule has 6 heteroatoms. The predicted octanol–water partition coefficient (Wildman–Crippen LogP) is 4.56. The fourth-order valence-corrected chi connectivity index (χ4v) is 3.61. The van der Waals surface area contributed by atoms with Crippen LogP contribution in [0.15, 0.2) is 41.4 Å². The lowest BCUT2D eigenvalue weighted by molar-refractivity contribution is -0.123. The van der Waals surface area contributed by atoms with Crippen LogP contribution in [0.25, 0.3) is 6.08 Å². The van der Waals surface area contributed by atoms with E-state index in [9.17, 15) is 9.59 Å². The molecular formula is C20H22N2O3S. The molecule has 0 atom stereocenters. The number of hydrogen-bond acceptors (Lipinski definition) is 4. The third kappa shape index (κ3) is 4.02. The Kier molecular flexibility index (Phi) is 5.52. The Bertz CT molecular complexity index is 841. The Morgan fingerprint density at radius 1 is 1.27 bits per heavy atom. The first kappa shape index (κ1) is 18.3. The van der Waals surface area contributed by atoms with Gasteiger partial charge in [-0.1, -0.05) is 26.0 Å². The molecule has 0 saturated carbocycles.